The molecule has 0 amide bonds. The van der Waals surface area contributed by atoms with Crippen LogP contribution in [0.5, 0.6) is 0 Å². The largest absolute Gasteiger partial charge is 0.310 e. The van der Waals surface area contributed by atoms with Crippen molar-refractivity contribution >= 4 is 12.7 Å². The van der Waals surface area contributed by atoms with Gasteiger partial charge in [-0.1, -0.05) is 36.6 Å². The van der Waals surface area contributed by atoms with E-state index in [1.807, 2.05) is 0 Å². The molecule has 1 aromatic carbocycles. The van der Waals surface area contributed by atoms with Crippen LogP contribution in [-0.4, -0.2) is 13.8 Å². The van der Waals surface area contributed by atoms with Gasteiger partial charge in [-0.25, -0.2) is 0 Å². The van der Waals surface area contributed by atoms with Gasteiger partial charge in [0.2, 0.25) is 0 Å². The van der Waals surface area contributed by atoms with Crippen molar-refractivity contribution in [2.24, 2.45) is 0 Å². The van der Waals surface area contributed by atoms with Gasteiger partial charge in [-0.3, -0.25) is 0 Å². The highest BCUT2D eigenvalue weighted by Gasteiger charge is 2.15. The van der Waals surface area contributed by atoms with E-state index in [1.165, 1.54) is 30.4 Å². The van der Waals surface area contributed by atoms with Crippen LogP contribution in [0.4, 0.5) is 0 Å². The fraction of sp³-hybridized carbons (Fsp3) is 0.455. The van der Waals surface area contributed by atoms with Crippen LogP contribution in [0.1, 0.15) is 24.4 Å². The highest BCUT2D eigenvalue weighted by Crippen LogP contribution is 2.21. The van der Waals surface area contributed by atoms with E-state index in [4.69, 9.17) is 0 Å². The summed E-state index contributed by atoms with van der Waals surface area (Å²) in [5, 5.41) is 3.52. The molecule has 1 aliphatic rings. The summed E-state index contributed by atoms with van der Waals surface area (Å²) in [7, 11) is 1.14. The van der Waals surface area contributed by atoms with E-state index >= 15 is 0 Å². The van der Waals surface area contributed by atoms with E-state index < -0.39 is 0 Å². The van der Waals surface area contributed by atoms with Crippen molar-refractivity contribution in [3.63, 3.8) is 0 Å². The monoisotopic (exact) mass is 173 g/mol. The summed E-state index contributed by atoms with van der Waals surface area (Å²) in [6, 6.07) is 9.57. The SMILES string of the molecule is CBc1cccc(C2CCCN2)c1. The van der Waals surface area contributed by atoms with Crippen LogP contribution in [0.15, 0.2) is 24.3 Å². The van der Waals surface area contributed by atoms with Gasteiger partial charge in [0, 0.05) is 6.04 Å². The highest BCUT2D eigenvalue weighted by molar-refractivity contribution is 6.51. The Bertz CT molecular complexity index is 279. The Morgan fingerprint density at radius 2 is 2.38 bits per heavy atom. The smallest absolute Gasteiger partial charge is 0.154 e. The summed E-state index contributed by atoms with van der Waals surface area (Å²) in [5.41, 5.74) is 2.92. The third-order valence-corrected chi connectivity index (χ3v) is 2.82. The lowest BCUT2D eigenvalue weighted by Gasteiger charge is -2.11. The predicted octanol–water partition coefficient (Wildman–Crippen LogP) is 1.22. The van der Waals surface area contributed by atoms with Gasteiger partial charge >= 0.3 is 0 Å². The average molecular weight is 173 g/mol. The molecule has 1 aliphatic heterocycles. The molecule has 2 rings (SSSR count). The molecule has 0 saturated carbocycles. The molecular formula is C11H16BN. The summed E-state index contributed by atoms with van der Waals surface area (Å²) < 4.78 is 0. The van der Waals surface area contributed by atoms with Crippen LogP contribution in [0.25, 0.3) is 0 Å². The molecule has 2 heteroatoms. The van der Waals surface area contributed by atoms with Gasteiger partial charge in [-0.15, -0.1) is 0 Å². The first-order valence-electron chi connectivity index (χ1n) is 5.22. The number of benzene rings is 1. The van der Waals surface area contributed by atoms with E-state index in [2.05, 4.69) is 36.4 Å². The first-order valence-corrected chi connectivity index (χ1v) is 5.22. The van der Waals surface area contributed by atoms with E-state index in [-0.39, 0.29) is 0 Å². The van der Waals surface area contributed by atoms with Crippen molar-refractivity contribution in [1.82, 2.24) is 5.32 Å². The van der Waals surface area contributed by atoms with E-state index in [1.54, 1.807) is 0 Å². The minimum Gasteiger partial charge on any atom is -0.310 e. The van der Waals surface area contributed by atoms with Gasteiger partial charge in [0.15, 0.2) is 7.28 Å². The van der Waals surface area contributed by atoms with E-state index in [0.717, 1.165) is 7.28 Å². The minimum atomic E-state index is 0.617. The van der Waals surface area contributed by atoms with Crippen LogP contribution in [0, 0.1) is 0 Å². The van der Waals surface area contributed by atoms with Crippen molar-refractivity contribution < 1.29 is 0 Å². The van der Waals surface area contributed by atoms with Crippen molar-refractivity contribution in [2.45, 2.75) is 25.7 Å². The first kappa shape index (κ1) is 8.83. The lowest BCUT2D eigenvalue weighted by Crippen LogP contribution is -2.17. The molecule has 1 nitrogen and oxygen atoms in total. The van der Waals surface area contributed by atoms with Crippen LogP contribution >= 0.6 is 0 Å². The quantitative estimate of drug-likeness (QED) is 0.663. The molecule has 1 saturated heterocycles. The molecule has 68 valence electrons. The molecule has 13 heavy (non-hydrogen) atoms. The fourth-order valence-corrected chi connectivity index (χ4v) is 2.00. The normalized spacial score (nSPS) is 21.8. The lowest BCUT2D eigenvalue weighted by molar-refractivity contribution is 0.648. The topological polar surface area (TPSA) is 12.0 Å². The van der Waals surface area contributed by atoms with Crippen molar-refractivity contribution in [1.29, 1.82) is 0 Å². The molecule has 0 aromatic heterocycles. The summed E-state index contributed by atoms with van der Waals surface area (Å²) in [6.45, 7) is 3.39. The van der Waals surface area contributed by atoms with Crippen LogP contribution < -0.4 is 10.8 Å². The molecule has 1 N–H and O–H groups in total. The Kier molecular flexibility index (Phi) is 2.69. The Labute approximate surface area is 80.8 Å². The zero-order chi connectivity index (χ0) is 9.10. The van der Waals surface area contributed by atoms with Gasteiger partial charge in [-0.2, -0.15) is 0 Å². The number of hydrogen-bond donors (Lipinski definition) is 1. The third-order valence-electron chi connectivity index (χ3n) is 2.82. The van der Waals surface area contributed by atoms with E-state index in [0.29, 0.717) is 6.04 Å². The molecule has 1 atom stereocenters. The van der Waals surface area contributed by atoms with Gasteiger partial charge < -0.3 is 5.32 Å². The first-order chi connectivity index (χ1) is 6.40. The minimum absolute atomic E-state index is 0.617. The zero-order valence-electron chi connectivity index (χ0n) is 8.22. The van der Waals surface area contributed by atoms with Crippen molar-refractivity contribution in [3.8, 4) is 0 Å². The molecule has 0 radical (unpaired) electrons. The summed E-state index contributed by atoms with van der Waals surface area (Å²) in [5.74, 6) is 0. The van der Waals surface area contributed by atoms with Gasteiger partial charge in [0.1, 0.15) is 0 Å². The van der Waals surface area contributed by atoms with E-state index in [9.17, 15) is 0 Å². The summed E-state index contributed by atoms with van der Waals surface area (Å²) in [4.78, 5) is 0. The average Bonchev–Trinajstić information content (AvgIpc) is 2.71. The number of rotatable bonds is 2. The van der Waals surface area contributed by atoms with Gasteiger partial charge in [0.25, 0.3) is 0 Å². The fourth-order valence-electron chi connectivity index (χ4n) is 2.00. The molecular weight excluding hydrogens is 157 g/mol. The maximum absolute atomic E-state index is 3.52. The molecule has 0 spiro atoms. The summed E-state index contributed by atoms with van der Waals surface area (Å²) in [6.07, 6.45) is 2.62. The molecule has 1 fully saturated rings. The van der Waals surface area contributed by atoms with Gasteiger partial charge in [-0.05, 0) is 24.9 Å². The predicted molar refractivity (Wildman–Crippen MR) is 59.1 cm³/mol. The second-order valence-electron chi connectivity index (χ2n) is 3.75. The molecule has 1 heterocycles. The summed E-state index contributed by atoms with van der Waals surface area (Å²) >= 11 is 0. The van der Waals surface area contributed by atoms with Crippen LogP contribution in [-0.2, 0) is 0 Å². The maximum atomic E-state index is 3.52. The maximum Gasteiger partial charge on any atom is 0.154 e. The highest BCUT2D eigenvalue weighted by atomic mass is 14.9. The zero-order valence-corrected chi connectivity index (χ0v) is 8.22. The Hall–Kier alpha value is -0.755. The second-order valence-corrected chi connectivity index (χ2v) is 3.75. The molecule has 1 unspecified atom stereocenters. The molecule has 1 aromatic rings. The Morgan fingerprint density at radius 3 is 3.08 bits per heavy atom. The third kappa shape index (κ3) is 1.94. The second kappa shape index (κ2) is 3.97. The molecule has 0 bridgehead atoms. The van der Waals surface area contributed by atoms with Crippen molar-refractivity contribution in [3.05, 3.63) is 29.8 Å². The lowest BCUT2D eigenvalue weighted by atomic mass is 9.72. The van der Waals surface area contributed by atoms with Gasteiger partial charge in [0.05, 0.1) is 0 Å². The standard InChI is InChI=1S/C11H16BN/c1-12-10-5-2-4-9(8-10)11-6-3-7-13-11/h2,4-5,8,11-13H,3,6-7H2,1H3. The number of hydrogen-bond acceptors (Lipinski definition) is 1. The van der Waals surface area contributed by atoms with Crippen LogP contribution in [0.3, 0.4) is 0 Å². The number of nitrogens with one attached hydrogen (secondary N) is 1. The Morgan fingerprint density at radius 1 is 1.46 bits per heavy atom. The Balaban J connectivity index is 2.18. The van der Waals surface area contributed by atoms with Crippen LogP contribution in [0.2, 0.25) is 6.82 Å². The molecule has 0 aliphatic carbocycles. The van der Waals surface area contributed by atoms with Crippen molar-refractivity contribution in [2.75, 3.05) is 6.54 Å².